The molecule has 5 unspecified atom stereocenters. The van der Waals surface area contributed by atoms with Crippen molar-refractivity contribution in [3.05, 3.63) is 0 Å². The van der Waals surface area contributed by atoms with Gasteiger partial charge in [-0.1, -0.05) is 33.6 Å². The van der Waals surface area contributed by atoms with E-state index < -0.39 is 5.60 Å². The largest absolute Gasteiger partial charge is 0.389 e. The Balaban J connectivity index is 2.25. The Hall–Kier alpha value is -0.0800. The van der Waals surface area contributed by atoms with Gasteiger partial charge in [-0.05, 0) is 49.9 Å². The summed E-state index contributed by atoms with van der Waals surface area (Å²) in [5.41, 5.74) is 5.64. The van der Waals surface area contributed by atoms with Crippen molar-refractivity contribution in [1.29, 1.82) is 0 Å². The van der Waals surface area contributed by atoms with E-state index in [2.05, 4.69) is 20.8 Å². The third kappa shape index (κ3) is 2.12. The van der Waals surface area contributed by atoms with Crippen LogP contribution in [0.25, 0.3) is 0 Å². The zero-order valence-corrected chi connectivity index (χ0v) is 12.4. The summed E-state index contributed by atoms with van der Waals surface area (Å²) in [6.45, 7) is 7.46. The normalized spacial score (nSPS) is 49.5. The molecule has 18 heavy (non-hydrogen) atoms. The monoisotopic (exact) mass is 253 g/mol. The molecule has 0 heterocycles. The summed E-state index contributed by atoms with van der Waals surface area (Å²) in [5.74, 6) is 1.84. The summed E-state index contributed by atoms with van der Waals surface area (Å²) in [7, 11) is 0. The highest BCUT2D eigenvalue weighted by atomic mass is 16.3. The fraction of sp³-hybridized carbons (Fsp3) is 1.00. The van der Waals surface area contributed by atoms with Gasteiger partial charge in [-0.15, -0.1) is 0 Å². The summed E-state index contributed by atoms with van der Waals surface area (Å²) in [5, 5.41) is 11.4. The second kappa shape index (κ2) is 5.13. The maximum absolute atomic E-state index is 11.4. The molecule has 0 amide bonds. The van der Waals surface area contributed by atoms with E-state index >= 15 is 0 Å². The van der Waals surface area contributed by atoms with Crippen LogP contribution >= 0.6 is 0 Å². The highest BCUT2D eigenvalue weighted by Gasteiger charge is 2.56. The van der Waals surface area contributed by atoms with Crippen molar-refractivity contribution < 1.29 is 5.11 Å². The van der Waals surface area contributed by atoms with Gasteiger partial charge >= 0.3 is 0 Å². The second-order valence-corrected chi connectivity index (χ2v) is 7.21. The standard InChI is InChI=1S/C16H31NO/c1-4-14-7-8-15(10-14,11-17)16(18)9-12(2)5-6-13(16)3/h12-14,18H,4-11,17H2,1-3H3. The molecule has 5 atom stereocenters. The minimum absolute atomic E-state index is 0.00176. The lowest BCUT2D eigenvalue weighted by Gasteiger charge is -2.52. The maximum Gasteiger partial charge on any atom is 0.0743 e. The Morgan fingerprint density at radius 2 is 1.89 bits per heavy atom. The highest BCUT2D eigenvalue weighted by Crippen LogP contribution is 2.56. The minimum atomic E-state index is -0.511. The molecule has 0 bridgehead atoms. The second-order valence-electron chi connectivity index (χ2n) is 7.21. The van der Waals surface area contributed by atoms with E-state index in [0.717, 1.165) is 31.6 Å². The van der Waals surface area contributed by atoms with Crippen molar-refractivity contribution >= 4 is 0 Å². The van der Waals surface area contributed by atoms with Gasteiger partial charge in [-0.3, -0.25) is 0 Å². The Bertz CT molecular complexity index is 293. The van der Waals surface area contributed by atoms with Gasteiger partial charge in [0.25, 0.3) is 0 Å². The molecule has 0 aromatic rings. The van der Waals surface area contributed by atoms with Gasteiger partial charge in [-0.2, -0.15) is 0 Å². The molecule has 2 fully saturated rings. The summed E-state index contributed by atoms with van der Waals surface area (Å²) in [6, 6.07) is 0. The van der Waals surface area contributed by atoms with E-state index in [1.807, 2.05) is 0 Å². The molecule has 2 nitrogen and oxygen atoms in total. The van der Waals surface area contributed by atoms with Crippen LogP contribution in [0.5, 0.6) is 0 Å². The first-order valence-corrected chi connectivity index (χ1v) is 7.90. The fourth-order valence-electron chi connectivity index (χ4n) is 4.69. The first-order valence-electron chi connectivity index (χ1n) is 7.90. The van der Waals surface area contributed by atoms with Crippen molar-refractivity contribution in [2.45, 2.75) is 71.3 Å². The Morgan fingerprint density at radius 3 is 2.44 bits per heavy atom. The van der Waals surface area contributed by atoms with Crippen LogP contribution in [0.1, 0.15) is 65.7 Å². The van der Waals surface area contributed by atoms with Gasteiger partial charge in [0.2, 0.25) is 0 Å². The molecule has 0 aromatic heterocycles. The van der Waals surface area contributed by atoms with Crippen LogP contribution in [0.3, 0.4) is 0 Å². The van der Waals surface area contributed by atoms with Crippen LogP contribution < -0.4 is 5.73 Å². The maximum atomic E-state index is 11.4. The molecule has 2 aliphatic carbocycles. The molecule has 2 aliphatic rings. The smallest absolute Gasteiger partial charge is 0.0743 e. The molecule has 2 heteroatoms. The molecule has 3 N–H and O–H groups in total. The average Bonchev–Trinajstić information content (AvgIpc) is 2.79. The summed E-state index contributed by atoms with van der Waals surface area (Å²) in [4.78, 5) is 0. The number of hydrogen-bond donors (Lipinski definition) is 2. The molecular weight excluding hydrogens is 222 g/mol. The molecule has 0 radical (unpaired) electrons. The zero-order chi connectivity index (χ0) is 13.4. The molecule has 2 rings (SSSR count). The van der Waals surface area contributed by atoms with E-state index in [-0.39, 0.29) is 5.41 Å². The molecule has 2 saturated carbocycles. The van der Waals surface area contributed by atoms with E-state index in [4.69, 9.17) is 5.73 Å². The Kier molecular flexibility index (Phi) is 4.08. The molecule has 0 spiro atoms. The van der Waals surface area contributed by atoms with Gasteiger partial charge in [-0.25, -0.2) is 0 Å². The van der Waals surface area contributed by atoms with Gasteiger partial charge in [0, 0.05) is 12.0 Å². The van der Waals surface area contributed by atoms with Crippen LogP contribution in [0.2, 0.25) is 0 Å². The minimum Gasteiger partial charge on any atom is -0.389 e. The lowest BCUT2D eigenvalue weighted by Crippen LogP contribution is -2.57. The first kappa shape index (κ1) is 14.3. The van der Waals surface area contributed by atoms with Crippen LogP contribution in [0, 0.1) is 23.2 Å². The summed E-state index contributed by atoms with van der Waals surface area (Å²) >= 11 is 0. The van der Waals surface area contributed by atoms with E-state index in [1.54, 1.807) is 0 Å². The third-order valence-electron chi connectivity index (χ3n) is 6.16. The van der Waals surface area contributed by atoms with Crippen molar-refractivity contribution in [3.8, 4) is 0 Å². The fourth-order valence-corrected chi connectivity index (χ4v) is 4.69. The SMILES string of the molecule is CCC1CCC(CN)(C2(O)CC(C)CCC2C)C1. The van der Waals surface area contributed by atoms with Gasteiger partial charge < -0.3 is 10.8 Å². The zero-order valence-electron chi connectivity index (χ0n) is 12.4. The lowest BCUT2D eigenvalue weighted by molar-refractivity contribution is -0.149. The molecule has 0 aliphatic heterocycles. The van der Waals surface area contributed by atoms with Crippen LogP contribution in [0.4, 0.5) is 0 Å². The molecule has 106 valence electrons. The predicted octanol–water partition coefficient (Wildman–Crippen LogP) is 3.33. The molecule has 0 saturated heterocycles. The molecule has 0 aromatic carbocycles. The lowest BCUT2D eigenvalue weighted by atomic mass is 9.57. The van der Waals surface area contributed by atoms with Gasteiger partial charge in [0.05, 0.1) is 5.60 Å². The average molecular weight is 253 g/mol. The first-order chi connectivity index (χ1) is 8.47. The van der Waals surface area contributed by atoms with Crippen LogP contribution in [-0.4, -0.2) is 17.3 Å². The predicted molar refractivity (Wildman–Crippen MR) is 76.2 cm³/mol. The Morgan fingerprint density at radius 1 is 1.17 bits per heavy atom. The van der Waals surface area contributed by atoms with Gasteiger partial charge in [0.15, 0.2) is 0 Å². The van der Waals surface area contributed by atoms with Crippen LogP contribution in [0.15, 0.2) is 0 Å². The summed E-state index contributed by atoms with van der Waals surface area (Å²) < 4.78 is 0. The third-order valence-corrected chi connectivity index (χ3v) is 6.16. The van der Waals surface area contributed by atoms with E-state index in [1.165, 1.54) is 19.3 Å². The van der Waals surface area contributed by atoms with Crippen molar-refractivity contribution in [2.75, 3.05) is 6.54 Å². The summed E-state index contributed by atoms with van der Waals surface area (Å²) in [6.07, 6.45) is 8.17. The highest BCUT2D eigenvalue weighted by molar-refractivity contribution is 5.08. The van der Waals surface area contributed by atoms with Crippen molar-refractivity contribution in [1.82, 2.24) is 0 Å². The number of aliphatic hydroxyl groups is 1. The number of nitrogens with two attached hydrogens (primary N) is 1. The number of hydrogen-bond acceptors (Lipinski definition) is 2. The molecular formula is C16H31NO. The van der Waals surface area contributed by atoms with E-state index in [0.29, 0.717) is 18.4 Å². The van der Waals surface area contributed by atoms with Crippen molar-refractivity contribution in [3.63, 3.8) is 0 Å². The van der Waals surface area contributed by atoms with Crippen molar-refractivity contribution in [2.24, 2.45) is 28.9 Å². The van der Waals surface area contributed by atoms with E-state index in [9.17, 15) is 5.11 Å². The van der Waals surface area contributed by atoms with Crippen LogP contribution in [-0.2, 0) is 0 Å². The van der Waals surface area contributed by atoms with Gasteiger partial charge in [0.1, 0.15) is 0 Å². The Labute approximate surface area is 112 Å². The topological polar surface area (TPSA) is 46.2 Å². The quantitative estimate of drug-likeness (QED) is 0.810. The number of rotatable bonds is 3.